The van der Waals surface area contributed by atoms with Crippen LogP contribution in [-0.4, -0.2) is 41.9 Å². The molecule has 4 rings (SSSR count). The fourth-order valence-corrected chi connectivity index (χ4v) is 5.89. The van der Waals surface area contributed by atoms with Crippen molar-refractivity contribution in [2.24, 2.45) is 0 Å². The van der Waals surface area contributed by atoms with E-state index in [2.05, 4.69) is 65.3 Å². The van der Waals surface area contributed by atoms with Crippen LogP contribution in [0.25, 0.3) is 0 Å². The predicted molar refractivity (Wildman–Crippen MR) is 172 cm³/mol. The van der Waals surface area contributed by atoms with Crippen LogP contribution < -0.4 is 9.47 Å². The van der Waals surface area contributed by atoms with Gasteiger partial charge in [-0.3, -0.25) is 9.69 Å². The van der Waals surface area contributed by atoms with Gasteiger partial charge in [-0.15, -0.1) is 0 Å². The van der Waals surface area contributed by atoms with E-state index in [4.69, 9.17) is 9.47 Å². The Morgan fingerprint density at radius 2 is 1.43 bits per heavy atom. The Bertz CT molecular complexity index is 1180. The first-order valence-corrected chi connectivity index (χ1v) is 16.1. The number of hydrogen-bond donors (Lipinski definition) is 0. The van der Waals surface area contributed by atoms with E-state index in [0.717, 1.165) is 62.2 Å². The Labute approximate surface area is 253 Å². The average molecular weight is 571 g/mol. The Kier molecular flexibility index (Phi) is 13.3. The van der Waals surface area contributed by atoms with Crippen molar-refractivity contribution in [3.05, 3.63) is 95.6 Å². The van der Waals surface area contributed by atoms with Crippen molar-refractivity contribution in [2.75, 3.05) is 20.2 Å². The zero-order valence-electron chi connectivity index (χ0n) is 25.8. The smallest absolute Gasteiger partial charge is 0.223 e. The fraction of sp³-hybridized carbons (Fsp3) is 0.486. The maximum absolute atomic E-state index is 13.7. The van der Waals surface area contributed by atoms with Gasteiger partial charge >= 0.3 is 0 Å². The number of hydrogen-bond acceptors (Lipinski definition) is 4. The summed E-state index contributed by atoms with van der Waals surface area (Å²) in [6.07, 6.45) is 11.2. The summed E-state index contributed by atoms with van der Waals surface area (Å²) in [6, 6.07) is 27.2. The number of nitrogens with zero attached hydrogens (tertiary/aromatic N) is 2. The lowest BCUT2D eigenvalue weighted by Crippen LogP contribution is -2.46. The number of methoxy groups -OCH3 is 1. The zero-order chi connectivity index (χ0) is 29.4. The average Bonchev–Trinajstić information content (AvgIpc) is 3.03. The summed E-state index contributed by atoms with van der Waals surface area (Å²) in [7, 11) is 1.68. The third-order valence-electron chi connectivity index (χ3n) is 8.38. The lowest BCUT2D eigenvalue weighted by atomic mass is 10.00. The van der Waals surface area contributed by atoms with Gasteiger partial charge in [0.05, 0.1) is 7.11 Å². The van der Waals surface area contributed by atoms with E-state index in [1.54, 1.807) is 7.11 Å². The molecule has 42 heavy (non-hydrogen) atoms. The molecule has 0 N–H and O–H groups in total. The van der Waals surface area contributed by atoms with Crippen LogP contribution in [0.4, 0.5) is 0 Å². The second kappa shape index (κ2) is 17.6. The number of carbonyl (C=O) groups is 1. The van der Waals surface area contributed by atoms with Crippen LogP contribution in [0.5, 0.6) is 11.5 Å². The van der Waals surface area contributed by atoms with E-state index < -0.39 is 0 Å². The van der Waals surface area contributed by atoms with Gasteiger partial charge in [0.25, 0.3) is 0 Å². The van der Waals surface area contributed by atoms with E-state index in [1.807, 2.05) is 30.3 Å². The van der Waals surface area contributed by atoms with Crippen molar-refractivity contribution < 1.29 is 14.3 Å². The molecule has 3 aromatic carbocycles. The van der Waals surface area contributed by atoms with Gasteiger partial charge in [-0.2, -0.15) is 0 Å². The third-order valence-corrected chi connectivity index (χ3v) is 8.38. The van der Waals surface area contributed by atoms with Gasteiger partial charge < -0.3 is 14.4 Å². The van der Waals surface area contributed by atoms with Crippen LogP contribution in [0.3, 0.4) is 0 Å². The van der Waals surface area contributed by atoms with Crippen molar-refractivity contribution in [1.82, 2.24) is 9.80 Å². The molecule has 5 nitrogen and oxygen atoms in total. The van der Waals surface area contributed by atoms with Gasteiger partial charge in [-0.05, 0) is 48.1 Å². The van der Waals surface area contributed by atoms with Crippen molar-refractivity contribution in [1.29, 1.82) is 0 Å². The molecule has 0 spiro atoms. The standard InChI is InChI=1S/C37H50N2O3/c1-3-4-5-6-7-8-15-20-37(40)39(34-23-25-38(26-24-34)28-31-16-11-9-12-17-31)29-33-21-22-35(36(27-33)41-2)42-30-32-18-13-10-14-19-32/h9-14,16-19,21-22,27,34H,3-8,15,20,23-26,28-30H2,1-2H3. The maximum Gasteiger partial charge on any atom is 0.223 e. The number of benzene rings is 3. The first-order valence-electron chi connectivity index (χ1n) is 16.1. The van der Waals surface area contributed by atoms with Crippen LogP contribution in [0.2, 0.25) is 0 Å². The maximum atomic E-state index is 13.7. The Morgan fingerprint density at radius 3 is 2.10 bits per heavy atom. The minimum absolute atomic E-state index is 0.258. The molecule has 1 heterocycles. The molecule has 0 aliphatic carbocycles. The van der Waals surface area contributed by atoms with Crippen LogP contribution in [-0.2, 0) is 24.5 Å². The number of likely N-dealkylation sites (tertiary alicyclic amines) is 1. The largest absolute Gasteiger partial charge is 0.493 e. The summed E-state index contributed by atoms with van der Waals surface area (Å²) in [4.78, 5) is 18.4. The molecule has 5 heteroatoms. The highest BCUT2D eigenvalue weighted by atomic mass is 16.5. The second-order valence-corrected chi connectivity index (χ2v) is 11.6. The highest BCUT2D eigenvalue weighted by molar-refractivity contribution is 5.76. The van der Waals surface area contributed by atoms with Gasteiger partial charge in [0.1, 0.15) is 6.61 Å². The van der Waals surface area contributed by atoms with E-state index in [-0.39, 0.29) is 11.9 Å². The SMILES string of the molecule is CCCCCCCCCC(=O)N(Cc1ccc(OCc2ccccc2)c(OC)c1)C1CCN(Cc2ccccc2)CC1. The van der Waals surface area contributed by atoms with E-state index >= 15 is 0 Å². The summed E-state index contributed by atoms with van der Waals surface area (Å²) in [5.74, 6) is 1.72. The summed E-state index contributed by atoms with van der Waals surface area (Å²) in [5.41, 5.74) is 3.55. The van der Waals surface area contributed by atoms with Gasteiger partial charge in [0, 0.05) is 38.6 Å². The second-order valence-electron chi connectivity index (χ2n) is 11.6. The third kappa shape index (κ3) is 10.2. The number of piperidine rings is 1. The molecule has 0 unspecified atom stereocenters. The minimum atomic E-state index is 0.258. The number of rotatable bonds is 17. The molecule has 1 saturated heterocycles. The van der Waals surface area contributed by atoms with E-state index in [0.29, 0.717) is 25.3 Å². The Morgan fingerprint density at radius 1 is 0.786 bits per heavy atom. The first kappa shape index (κ1) is 31.6. The van der Waals surface area contributed by atoms with Gasteiger partial charge in [0.15, 0.2) is 11.5 Å². The highest BCUT2D eigenvalue weighted by Gasteiger charge is 2.28. The quantitative estimate of drug-likeness (QED) is 0.153. The molecular formula is C37H50N2O3. The minimum Gasteiger partial charge on any atom is -0.493 e. The van der Waals surface area contributed by atoms with Crippen LogP contribution >= 0.6 is 0 Å². The molecule has 0 radical (unpaired) electrons. The van der Waals surface area contributed by atoms with Crippen LogP contribution in [0.1, 0.15) is 87.8 Å². The van der Waals surface area contributed by atoms with Crippen molar-refractivity contribution in [3.8, 4) is 11.5 Å². The Balaban J connectivity index is 1.38. The Hall–Kier alpha value is -3.31. The topological polar surface area (TPSA) is 42.0 Å². The van der Waals surface area contributed by atoms with Gasteiger partial charge in [-0.25, -0.2) is 0 Å². The van der Waals surface area contributed by atoms with E-state index in [9.17, 15) is 4.79 Å². The van der Waals surface area contributed by atoms with Crippen LogP contribution in [0.15, 0.2) is 78.9 Å². The molecule has 0 saturated carbocycles. The molecule has 226 valence electrons. The van der Waals surface area contributed by atoms with Gasteiger partial charge in [0.2, 0.25) is 5.91 Å². The van der Waals surface area contributed by atoms with Crippen molar-refractivity contribution in [2.45, 2.75) is 96.9 Å². The highest BCUT2D eigenvalue weighted by Crippen LogP contribution is 2.31. The summed E-state index contributed by atoms with van der Waals surface area (Å²) >= 11 is 0. The summed E-state index contributed by atoms with van der Waals surface area (Å²) in [6.45, 7) is 6.34. The van der Waals surface area contributed by atoms with Crippen molar-refractivity contribution >= 4 is 5.91 Å². The summed E-state index contributed by atoms with van der Waals surface area (Å²) in [5, 5.41) is 0. The lowest BCUT2D eigenvalue weighted by molar-refractivity contribution is -0.135. The number of carbonyl (C=O) groups excluding carboxylic acids is 1. The molecule has 1 amide bonds. The molecule has 0 bridgehead atoms. The van der Waals surface area contributed by atoms with Crippen molar-refractivity contribution in [3.63, 3.8) is 0 Å². The zero-order valence-corrected chi connectivity index (χ0v) is 25.8. The normalized spacial score (nSPS) is 14.0. The molecule has 0 atom stereocenters. The monoisotopic (exact) mass is 570 g/mol. The van der Waals surface area contributed by atoms with Gasteiger partial charge in [-0.1, -0.05) is 112 Å². The lowest BCUT2D eigenvalue weighted by Gasteiger charge is -2.39. The fourth-order valence-electron chi connectivity index (χ4n) is 5.89. The molecule has 1 fully saturated rings. The van der Waals surface area contributed by atoms with E-state index in [1.165, 1.54) is 37.7 Å². The number of unbranched alkanes of at least 4 members (excludes halogenated alkanes) is 6. The molecular weight excluding hydrogens is 520 g/mol. The molecule has 3 aromatic rings. The van der Waals surface area contributed by atoms with Crippen LogP contribution in [0, 0.1) is 0 Å². The molecule has 0 aromatic heterocycles. The number of ether oxygens (including phenoxy) is 2. The molecule has 1 aliphatic rings. The summed E-state index contributed by atoms with van der Waals surface area (Å²) < 4.78 is 11.8. The number of amides is 1. The predicted octanol–water partition coefficient (Wildman–Crippen LogP) is 8.41. The molecule has 1 aliphatic heterocycles. The first-order chi connectivity index (χ1) is 20.7.